The summed E-state index contributed by atoms with van der Waals surface area (Å²) in [5.41, 5.74) is 3.70. The maximum Gasteiger partial charge on any atom is 0.248 e. The van der Waals surface area contributed by atoms with E-state index in [1.165, 1.54) is 0 Å². The van der Waals surface area contributed by atoms with Crippen molar-refractivity contribution in [2.75, 3.05) is 13.1 Å². The fourth-order valence-corrected chi connectivity index (χ4v) is 6.77. The number of primary amides is 1. The van der Waals surface area contributed by atoms with Crippen molar-refractivity contribution in [1.82, 2.24) is 20.9 Å². The summed E-state index contributed by atoms with van der Waals surface area (Å²) < 4.78 is 0. The van der Waals surface area contributed by atoms with Crippen LogP contribution >= 0.6 is 0 Å². The second kappa shape index (κ2) is 10.6. The zero-order valence-corrected chi connectivity index (χ0v) is 25.5. The van der Waals surface area contributed by atoms with Crippen LogP contribution in [0.4, 0.5) is 0 Å². The minimum atomic E-state index is -1.70. The highest BCUT2D eigenvalue weighted by Gasteiger charge is 2.78. The Labute approximate surface area is 237 Å². The Bertz CT molecular complexity index is 1060. The molecule has 2 saturated heterocycles. The van der Waals surface area contributed by atoms with Crippen molar-refractivity contribution in [2.24, 2.45) is 39.2 Å². The molecule has 0 aromatic rings. The molecule has 2 unspecified atom stereocenters. The molecule has 2 aliphatic heterocycles. The maximum absolute atomic E-state index is 14.1. The molecule has 11 heteroatoms. The van der Waals surface area contributed by atoms with Gasteiger partial charge in [-0.15, -0.1) is 0 Å². The monoisotopic (exact) mass is 563 g/mol. The van der Waals surface area contributed by atoms with Crippen molar-refractivity contribution in [3.63, 3.8) is 0 Å². The second-order valence-electron chi connectivity index (χ2n) is 15.0. The molecule has 0 spiro atoms. The van der Waals surface area contributed by atoms with Crippen LogP contribution in [-0.4, -0.2) is 76.9 Å². The summed E-state index contributed by atoms with van der Waals surface area (Å²) in [6.45, 7) is 18.4. The highest BCUT2D eigenvalue weighted by atomic mass is 16.3. The number of fused-ring (bicyclic) bond motifs is 1. The predicted molar refractivity (Wildman–Crippen MR) is 149 cm³/mol. The number of hydrogen-bond donors (Lipinski definition) is 5. The van der Waals surface area contributed by atoms with Crippen LogP contribution in [0.15, 0.2) is 0 Å². The number of aliphatic hydroxyl groups is 1. The third kappa shape index (κ3) is 5.99. The molecular formula is C29H49N5O6. The lowest BCUT2D eigenvalue weighted by atomic mass is 9.83. The van der Waals surface area contributed by atoms with Crippen LogP contribution in [0, 0.1) is 33.5 Å². The number of rotatable bonds is 9. The number of nitrogens with zero attached hydrogens (tertiary/aromatic N) is 1. The average molecular weight is 564 g/mol. The van der Waals surface area contributed by atoms with Gasteiger partial charge in [0.25, 0.3) is 0 Å². The van der Waals surface area contributed by atoms with Crippen molar-refractivity contribution >= 4 is 29.5 Å². The largest absolute Gasteiger partial charge is 0.381 e. The quantitative estimate of drug-likeness (QED) is 0.276. The van der Waals surface area contributed by atoms with Crippen molar-refractivity contribution < 1.29 is 29.1 Å². The van der Waals surface area contributed by atoms with Crippen molar-refractivity contribution in [2.45, 2.75) is 106 Å². The summed E-state index contributed by atoms with van der Waals surface area (Å²) in [6.07, 6.45) is -0.901. The highest BCUT2D eigenvalue weighted by Crippen LogP contribution is 2.74. The molecule has 5 amide bonds. The van der Waals surface area contributed by atoms with Crippen LogP contribution in [0.5, 0.6) is 0 Å². The van der Waals surface area contributed by atoms with Gasteiger partial charge in [-0.25, -0.2) is 0 Å². The lowest BCUT2D eigenvalue weighted by Crippen LogP contribution is -2.62. The Morgan fingerprint density at radius 1 is 1.10 bits per heavy atom. The number of aliphatic hydroxyl groups excluding tert-OH is 1. The third-order valence-corrected chi connectivity index (χ3v) is 9.50. The first kappa shape index (κ1) is 31.8. The molecule has 3 aliphatic rings. The summed E-state index contributed by atoms with van der Waals surface area (Å²) in [5.74, 6) is -2.74. The lowest BCUT2D eigenvalue weighted by molar-refractivity contribution is -0.147. The van der Waals surface area contributed by atoms with Gasteiger partial charge in [-0.2, -0.15) is 0 Å². The highest BCUT2D eigenvalue weighted by molar-refractivity contribution is 5.95. The molecule has 226 valence electrons. The van der Waals surface area contributed by atoms with E-state index >= 15 is 0 Å². The minimum Gasteiger partial charge on any atom is -0.381 e. The Morgan fingerprint density at radius 2 is 1.70 bits per heavy atom. The Balaban J connectivity index is 1.90. The molecule has 6 N–H and O–H groups in total. The van der Waals surface area contributed by atoms with Crippen LogP contribution < -0.4 is 21.7 Å². The van der Waals surface area contributed by atoms with E-state index in [1.54, 1.807) is 4.90 Å². The molecule has 0 bridgehead atoms. The molecule has 1 saturated carbocycles. The molecule has 7 atom stereocenters. The molecule has 1 aliphatic carbocycles. The SMILES string of the molecule is CC(C)(C)CC(=O)N[C@H](C(=O)N1C[C@@H]2C(C)(C)C2(C)[C@H]1C(=O)N[C@@H](C[C@@H]1CCNC1=O)C(O)C(N)=O)C(C)(C)C. The number of carbonyl (C=O) groups excluding carboxylic acids is 5. The number of piperidine rings is 1. The zero-order valence-electron chi connectivity index (χ0n) is 25.5. The molecule has 40 heavy (non-hydrogen) atoms. The van der Waals surface area contributed by atoms with Gasteiger partial charge in [0.15, 0.2) is 6.10 Å². The predicted octanol–water partition coefficient (Wildman–Crippen LogP) is 0.684. The maximum atomic E-state index is 14.1. The van der Waals surface area contributed by atoms with E-state index in [-0.39, 0.29) is 47.3 Å². The summed E-state index contributed by atoms with van der Waals surface area (Å²) in [6, 6.07) is -2.86. The molecule has 0 radical (unpaired) electrons. The van der Waals surface area contributed by atoms with Crippen molar-refractivity contribution in [3.8, 4) is 0 Å². The fraction of sp³-hybridized carbons (Fsp3) is 0.828. The minimum absolute atomic E-state index is 0.0410. The van der Waals surface area contributed by atoms with E-state index in [9.17, 15) is 29.1 Å². The lowest BCUT2D eigenvalue weighted by Gasteiger charge is -2.40. The van der Waals surface area contributed by atoms with Crippen LogP contribution in [0.3, 0.4) is 0 Å². The first-order chi connectivity index (χ1) is 18.1. The van der Waals surface area contributed by atoms with Crippen LogP contribution in [-0.2, 0) is 24.0 Å². The van der Waals surface area contributed by atoms with E-state index in [1.807, 2.05) is 48.5 Å². The Kier molecular flexibility index (Phi) is 8.45. The van der Waals surface area contributed by atoms with Gasteiger partial charge in [-0.3, -0.25) is 24.0 Å². The molecule has 3 fully saturated rings. The zero-order chi connectivity index (χ0) is 30.6. The summed E-state index contributed by atoms with van der Waals surface area (Å²) in [5, 5.41) is 19.0. The van der Waals surface area contributed by atoms with Gasteiger partial charge >= 0.3 is 0 Å². The van der Waals surface area contributed by atoms with E-state index < -0.39 is 52.8 Å². The van der Waals surface area contributed by atoms with E-state index in [0.717, 1.165) is 0 Å². The number of hydrogen-bond acceptors (Lipinski definition) is 6. The summed E-state index contributed by atoms with van der Waals surface area (Å²) in [4.78, 5) is 66.7. The fourth-order valence-electron chi connectivity index (χ4n) is 6.77. The van der Waals surface area contributed by atoms with Gasteiger partial charge in [0.1, 0.15) is 12.1 Å². The van der Waals surface area contributed by atoms with Gasteiger partial charge in [0.2, 0.25) is 29.5 Å². The number of nitrogens with two attached hydrogens (primary N) is 1. The van der Waals surface area contributed by atoms with Gasteiger partial charge in [-0.1, -0.05) is 62.3 Å². The molecule has 11 nitrogen and oxygen atoms in total. The smallest absolute Gasteiger partial charge is 0.248 e. The standard InChI is InChI=1S/C29H49N5O6/c1-26(2,3)13-18(35)33-20(27(4,5)6)25(40)34-14-17-28(7,8)29(17,9)21(34)24(39)32-16(19(36)22(30)37)12-15-10-11-31-23(15)38/h15-17,19-21,36H,10-14H2,1-9H3,(H2,30,37)(H,31,38)(H,32,39)(H,33,35)/t15-,16-,17+,19?,20+,21+,29?/m0/s1. The van der Waals surface area contributed by atoms with Crippen LogP contribution in [0.1, 0.15) is 81.6 Å². The Hall–Kier alpha value is -2.69. The summed E-state index contributed by atoms with van der Waals surface area (Å²) in [7, 11) is 0. The first-order valence-electron chi connectivity index (χ1n) is 14.3. The molecule has 3 rings (SSSR count). The van der Waals surface area contributed by atoms with E-state index in [2.05, 4.69) is 29.8 Å². The average Bonchev–Trinajstić information content (AvgIpc) is 3.14. The number of likely N-dealkylation sites (tertiary alicyclic amines) is 1. The van der Waals surface area contributed by atoms with Crippen molar-refractivity contribution in [3.05, 3.63) is 0 Å². The normalized spacial score (nSPS) is 29.6. The van der Waals surface area contributed by atoms with Gasteiger partial charge in [0.05, 0.1) is 6.04 Å². The molecular weight excluding hydrogens is 514 g/mol. The van der Waals surface area contributed by atoms with E-state index in [4.69, 9.17) is 5.73 Å². The molecule has 0 aromatic carbocycles. The Morgan fingerprint density at radius 3 is 2.17 bits per heavy atom. The van der Waals surface area contributed by atoms with E-state index in [0.29, 0.717) is 19.5 Å². The first-order valence-corrected chi connectivity index (χ1v) is 14.3. The van der Waals surface area contributed by atoms with Crippen molar-refractivity contribution in [1.29, 1.82) is 0 Å². The number of nitrogens with one attached hydrogen (secondary N) is 3. The van der Waals surface area contributed by atoms with Gasteiger partial charge < -0.3 is 31.7 Å². The second-order valence-corrected chi connectivity index (χ2v) is 15.0. The van der Waals surface area contributed by atoms with Crippen LogP contribution in [0.2, 0.25) is 0 Å². The number of carbonyl (C=O) groups is 5. The number of amides is 5. The van der Waals surface area contributed by atoms with Crippen LogP contribution in [0.25, 0.3) is 0 Å². The third-order valence-electron chi connectivity index (χ3n) is 9.50. The molecule has 2 heterocycles. The van der Waals surface area contributed by atoms with Gasteiger partial charge in [0, 0.05) is 30.8 Å². The molecule has 0 aromatic heterocycles. The topological polar surface area (TPSA) is 171 Å². The van der Waals surface area contributed by atoms with Gasteiger partial charge in [-0.05, 0) is 35.0 Å². The summed E-state index contributed by atoms with van der Waals surface area (Å²) >= 11 is 0.